The lowest BCUT2D eigenvalue weighted by molar-refractivity contribution is 0.0696. The third-order valence-corrected chi connectivity index (χ3v) is 3.36. The number of benzene rings is 2. The van der Waals surface area contributed by atoms with Crippen molar-refractivity contribution in [2.24, 2.45) is 0 Å². The van der Waals surface area contributed by atoms with E-state index >= 15 is 0 Å². The van der Waals surface area contributed by atoms with E-state index in [-0.39, 0.29) is 16.9 Å². The number of carbonyl (C=O) groups is 2. The molecule has 7 heteroatoms. The van der Waals surface area contributed by atoms with Crippen molar-refractivity contribution in [2.45, 2.75) is 12.8 Å². The third-order valence-electron chi connectivity index (χ3n) is 3.36. The standard InChI is InChI=1S/C18H19NO6/c19-14-3-5-15(6-4-14)24-7-1-2-8-25-16-10-12(17(20)21)9-13(11-16)18(22)23/h3-6,9-11H,1-2,7-8,19H2,(H,20,21)(H,22,23). The Labute approximate surface area is 144 Å². The molecule has 0 radical (unpaired) electrons. The van der Waals surface area contributed by atoms with Gasteiger partial charge in [-0.3, -0.25) is 0 Å². The van der Waals surface area contributed by atoms with Gasteiger partial charge in [-0.25, -0.2) is 9.59 Å². The van der Waals surface area contributed by atoms with Crippen LogP contribution >= 0.6 is 0 Å². The number of unbranched alkanes of at least 4 members (excludes halogenated alkanes) is 1. The van der Waals surface area contributed by atoms with Crippen LogP contribution in [-0.2, 0) is 0 Å². The summed E-state index contributed by atoms with van der Waals surface area (Å²) in [7, 11) is 0. The van der Waals surface area contributed by atoms with Crippen molar-refractivity contribution in [1.82, 2.24) is 0 Å². The van der Waals surface area contributed by atoms with E-state index in [1.54, 1.807) is 24.3 Å². The molecule has 0 aliphatic rings. The summed E-state index contributed by atoms with van der Waals surface area (Å²) >= 11 is 0. The van der Waals surface area contributed by atoms with Crippen LogP contribution in [0.4, 0.5) is 5.69 Å². The molecule has 0 fully saturated rings. The Hall–Kier alpha value is -3.22. The monoisotopic (exact) mass is 345 g/mol. The minimum Gasteiger partial charge on any atom is -0.494 e. The average molecular weight is 345 g/mol. The largest absolute Gasteiger partial charge is 0.494 e. The SMILES string of the molecule is Nc1ccc(OCCCCOc2cc(C(=O)O)cc(C(=O)O)c2)cc1. The number of ether oxygens (including phenoxy) is 2. The van der Waals surface area contributed by atoms with Crippen molar-refractivity contribution < 1.29 is 29.3 Å². The molecule has 25 heavy (non-hydrogen) atoms. The number of nitrogens with two attached hydrogens (primary N) is 1. The van der Waals surface area contributed by atoms with Crippen molar-refractivity contribution in [1.29, 1.82) is 0 Å². The first-order valence-corrected chi connectivity index (χ1v) is 7.68. The Kier molecular flexibility index (Phi) is 6.22. The zero-order valence-corrected chi connectivity index (χ0v) is 13.5. The summed E-state index contributed by atoms with van der Waals surface area (Å²) in [5, 5.41) is 18.0. The van der Waals surface area contributed by atoms with Crippen LogP contribution in [0.25, 0.3) is 0 Å². The Balaban J connectivity index is 1.78. The van der Waals surface area contributed by atoms with Gasteiger partial charge in [0.1, 0.15) is 11.5 Å². The second-order valence-corrected chi connectivity index (χ2v) is 5.33. The summed E-state index contributed by atoms with van der Waals surface area (Å²) in [4.78, 5) is 22.1. The summed E-state index contributed by atoms with van der Waals surface area (Å²) in [5.41, 5.74) is 6.01. The predicted octanol–water partition coefficient (Wildman–Crippen LogP) is 2.90. The fourth-order valence-corrected chi connectivity index (χ4v) is 2.08. The minimum absolute atomic E-state index is 0.124. The van der Waals surface area contributed by atoms with Crippen LogP contribution in [-0.4, -0.2) is 35.4 Å². The first-order valence-electron chi connectivity index (χ1n) is 7.68. The number of carboxylic acid groups (broad SMARTS) is 2. The Morgan fingerprint density at radius 3 is 1.76 bits per heavy atom. The quantitative estimate of drug-likeness (QED) is 0.472. The van der Waals surface area contributed by atoms with Gasteiger partial charge in [-0.05, 0) is 55.3 Å². The van der Waals surface area contributed by atoms with Crippen LogP contribution < -0.4 is 15.2 Å². The fraction of sp³-hybridized carbons (Fsp3) is 0.222. The summed E-state index contributed by atoms with van der Waals surface area (Å²) in [6.45, 7) is 0.829. The zero-order valence-electron chi connectivity index (χ0n) is 13.5. The van der Waals surface area contributed by atoms with Crippen LogP contribution in [0, 0.1) is 0 Å². The number of anilines is 1. The maximum absolute atomic E-state index is 11.0. The fourth-order valence-electron chi connectivity index (χ4n) is 2.08. The van der Waals surface area contributed by atoms with Crippen molar-refractivity contribution in [3.63, 3.8) is 0 Å². The van der Waals surface area contributed by atoms with E-state index in [0.29, 0.717) is 25.3 Å². The lowest BCUT2D eigenvalue weighted by Gasteiger charge is -2.09. The second-order valence-electron chi connectivity index (χ2n) is 5.33. The second kappa shape index (κ2) is 8.58. The molecule has 0 amide bonds. The van der Waals surface area contributed by atoms with Crippen LogP contribution in [0.2, 0.25) is 0 Å². The van der Waals surface area contributed by atoms with Gasteiger partial charge in [-0.1, -0.05) is 0 Å². The Morgan fingerprint density at radius 2 is 1.28 bits per heavy atom. The smallest absolute Gasteiger partial charge is 0.335 e. The number of nitrogen functional groups attached to an aromatic ring is 1. The summed E-state index contributed by atoms with van der Waals surface area (Å²) < 4.78 is 11.0. The van der Waals surface area contributed by atoms with Crippen molar-refractivity contribution in [2.75, 3.05) is 18.9 Å². The average Bonchev–Trinajstić information content (AvgIpc) is 2.59. The molecular formula is C18H19NO6. The number of aromatic carboxylic acids is 2. The van der Waals surface area contributed by atoms with E-state index in [0.717, 1.165) is 18.2 Å². The Bertz CT molecular complexity index is 709. The molecule has 0 heterocycles. The predicted molar refractivity (Wildman–Crippen MR) is 91.4 cm³/mol. The maximum atomic E-state index is 11.0. The van der Waals surface area contributed by atoms with E-state index in [4.69, 9.17) is 25.4 Å². The molecule has 0 unspecified atom stereocenters. The van der Waals surface area contributed by atoms with Gasteiger partial charge in [0.05, 0.1) is 24.3 Å². The highest BCUT2D eigenvalue weighted by Crippen LogP contribution is 2.18. The molecule has 132 valence electrons. The van der Waals surface area contributed by atoms with Crippen LogP contribution in [0.15, 0.2) is 42.5 Å². The van der Waals surface area contributed by atoms with Crippen LogP contribution in [0.5, 0.6) is 11.5 Å². The molecule has 0 atom stereocenters. The summed E-state index contributed by atoms with van der Waals surface area (Å²) in [6.07, 6.45) is 1.41. The van der Waals surface area contributed by atoms with Gasteiger partial charge in [0.2, 0.25) is 0 Å². The topological polar surface area (TPSA) is 119 Å². The van der Waals surface area contributed by atoms with Gasteiger partial charge in [0.25, 0.3) is 0 Å². The summed E-state index contributed by atoms with van der Waals surface area (Å²) in [6, 6.07) is 10.8. The molecule has 0 aromatic heterocycles. The number of carboxylic acids is 2. The molecule has 2 aromatic carbocycles. The number of hydrogen-bond donors (Lipinski definition) is 3. The van der Waals surface area contributed by atoms with Gasteiger partial charge >= 0.3 is 11.9 Å². The van der Waals surface area contributed by atoms with E-state index < -0.39 is 11.9 Å². The molecule has 0 bridgehead atoms. The number of hydrogen-bond acceptors (Lipinski definition) is 5. The molecular weight excluding hydrogens is 326 g/mol. The highest BCUT2D eigenvalue weighted by Gasteiger charge is 2.12. The highest BCUT2D eigenvalue weighted by molar-refractivity contribution is 5.94. The molecule has 2 rings (SSSR count). The van der Waals surface area contributed by atoms with Crippen molar-refractivity contribution in [3.05, 3.63) is 53.6 Å². The molecule has 2 aromatic rings. The van der Waals surface area contributed by atoms with Gasteiger partial charge in [-0.2, -0.15) is 0 Å². The summed E-state index contributed by atoms with van der Waals surface area (Å²) in [5.74, 6) is -1.46. The van der Waals surface area contributed by atoms with Gasteiger partial charge < -0.3 is 25.4 Å². The van der Waals surface area contributed by atoms with Gasteiger partial charge in [-0.15, -0.1) is 0 Å². The van der Waals surface area contributed by atoms with Crippen LogP contribution in [0.3, 0.4) is 0 Å². The van der Waals surface area contributed by atoms with E-state index in [2.05, 4.69) is 0 Å². The molecule has 0 aliphatic heterocycles. The normalized spacial score (nSPS) is 10.2. The van der Waals surface area contributed by atoms with E-state index in [1.165, 1.54) is 12.1 Å². The van der Waals surface area contributed by atoms with Gasteiger partial charge in [0.15, 0.2) is 0 Å². The molecule has 0 aliphatic carbocycles. The number of rotatable bonds is 9. The van der Waals surface area contributed by atoms with Crippen molar-refractivity contribution >= 4 is 17.6 Å². The zero-order chi connectivity index (χ0) is 18.2. The van der Waals surface area contributed by atoms with Crippen LogP contribution in [0.1, 0.15) is 33.6 Å². The maximum Gasteiger partial charge on any atom is 0.335 e. The molecule has 0 spiro atoms. The van der Waals surface area contributed by atoms with Crippen molar-refractivity contribution in [3.8, 4) is 11.5 Å². The molecule has 0 saturated heterocycles. The lowest BCUT2D eigenvalue weighted by atomic mass is 10.1. The molecule has 0 saturated carbocycles. The first-order chi connectivity index (χ1) is 12.0. The Morgan fingerprint density at radius 1 is 0.800 bits per heavy atom. The molecule has 7 nitrogen and oxygen atoms in total. The highest BCUT2D eigenvalue weighted by atomic mass is 16.5. The van der Waals surface area contributed by atoms with Gasteiger partial charge in [0, 0.05) is 5.69 Å². The molecule has 4 N–H and O–H groups in total. The lowest BCUT2D eigenvalue weighted by Crippen LogP contribution is -2.06. The van der Waals surface area contributed by atoms with E-state index in [9.17, 15) is 9.59 Å². The van der Waals surface area contributed by atoms with E-state index in [1.807, 2.05) is 0 Å². The first kappa shape index (κ1) is 18.1. The third kappa shape index (κ3) is 5.72. The minimum atomic E-state index is -1.20.